The van der Waals surface area contributed by atoms with Crippen molar-refractivity contribution in [2.24, 2.45) is 5.92 Å². The molecule has 2 amide bonds. The van der Waals surface area contributed by atoms with E-state index in [-0.39, 0.29) is 23.8 Å². The zero-order valence-electron chi connectivity index (χ0n) is 12.2. The summed E-state index contributed by atoms with van der Waals surface area (Å²) in [6, 6.07) is -0.471. The fraction of sp³-hybridized carbons (Fsp3) is 0.846. The Balaban J connectivity index is 2.54. The minimum Gasteiger partial charge on any atom is -0.379 e. The van der Waals surface area contributed by atoms with E-state index in [1.807, 2.05) is 20.9 Å². The predicted octanol–water partition coefficient (Wildman–Crippen LogP) is -0.406. The molecule has 1 heterocycles. The van der Waals surface area contributed by atoms with Gasteiger partial charge < -0.3 is 20.3 Å². The molecule has 0 aromatic rings. The van der Waals surface area contributed by atoms with Gasteiger partial charge in [-0.2, -0.15) is 0 Å². The molecule has 1 fully saturated rings. The van der Waals surface area contributed by atoms with Gasteiger partial charge in [0.15, 0.2) is 0 Å². The largest absolute Gasteiger partial charge is 0.379 e. The van der Waals surface area contributed by atoms with Gasteiger partial charge in [0.25, 0.3) is 0 Å². The summed E-state index contributed by atoms with van der Waals surface area (Å²) in [6.07, 6.45) is 0. The maximum Gasteiger partial charge on any atom is 0.244 e. The van der Waals surface area contributed by atoms with E-state index in [1.54, 1.807) is 11.8 Å². The summed E-state index contributed by atoms with van der Waals surface area (Å²) in [5.41, 5.74) is 0. The molecule has 6 heteroatoms. The van der Waals surface area contributed by atoms with Crippen LogP contribution in [0.15, 0.2) is 0 Å². The Kier molecular flexibility index (Phi) is 6.24. The van der Waals surface area contributed by atoms with Crippen molar-refractivity contribution < 1.29 is 14.3 Å². The van der Waals surface area contributed by atoms with E-state index in [9.17, 15) is 9.59 Å². The molecule has 2 N–H and O–H groups in total. The Morgan fingerprint density at radius 2 is 1.95 bits per heavy atom. The number of nitrogens with one attached hydrogen (secondary N) is 2. The lowest BCUT2D eigenvalue weighted by atomic mass is 10.0. The van der Waals surface area contributed by atoms with Crippen LogP contribution in [0.25, 0.3) is 0 Å². The number of likely N-dealkylation sites (N-methyl/N-ethyl adjacent to an activating group) is 2. The third kappa shape index (κ3) is 3.91. The van der Waals surface area contributed by atoms with E-state index >= 15 is 0 Å². The zero-order chi connectivity index (χ0) is 14.4. The maximum absolute atomic E-state index is 12.1. The van der Waals surface area contributed by atoms with Crippen molar-refractivity contribution in [3.63, 3.8) is 0 Å². The third-order valence-corrected chi connectivity index (χ3v) is 3.59. The Morgan fingerprint density at radius 3 is 2.47 bits per heavy atom. The number of hydrogen-bond donors (Lipinski definition) is 2. The SMILES string of the molecule is CCN(CC)C(=O)C(C)NC(=O)C1COCC1NC. The Labute approximate surface area is 114 Å². The lowest BCUT2D eigenvalue weighted by Gasteiger charge is -2.25. The molecule has 0 bridgehead atoms. The number of amides is 2. The van der Waals surface area contributed by atoms with Gasteiger partial charge in [-0.25, -0.2) is 0 Å². The van der Waals surface area contributed by atoms with E-state index in [0.29, 0.717) is 26.3 Å². The van der Waals surface area contributed by atoms with E-state index in [2.05, 4.69) is 10.6 Å². The van der Waals surface area contributed by atoms with Crippen LogP contribution in [0.3, 0.4) is 0 Å². The molecular weight excluding hydrogens is 246 g/mol. The summed E-state index contributed by atoms with van der Waals surface area (Å²) >= 11 is 0. The van der Waals surface area contributed by atoms with Gasteiger partial charge in [-0.1, -0.05) is 0 Å². The lowest BCUT2D eigenvalue weighted by molar-refractivity contribution is -0.136. The number of rotatable bonds is 6. The molecular formula is C13H25N3O3. The highest BCUT2D eigenvalue weighted by molar-refractivity contribution is 5.88. The van der Waals surface area contributed by atoms with Gasteiger partial charge in [-0.15, -0.1) is 0 Å². The maximum atomic E-state index is 12.1. The third-order valence-electron chi connectivity index (χ3n) is 3.59. The van der Waals surface area contributed by atoms with Gasteiger partial charge in [0.05, 0.1) is 19.1 Å². The minimum absolute atomic E-state index is 0.0238. The van der Waals surface area contributed by atoms with Gasteiger partial charge in [0.1, 0.15) is 6.04 Å². The first-order valence-corrected chi connectivity index (χ1v) is 6.89. The molecule has 0 radical (unpaired) electrons. The van der Waals surface area contributed by atoms with Gasteiger partial charge in [0.2, 0.25) is 11.8 Å². The molecule has 0 aromatic heterocycles. The van der Waals surface area contributed by atoms with Crippen molar-refractivity contribution in [3.05, 3.63) is 0 Å². The van der Waals surface area contributed by atoms with Crippen molar-refractivity contribution in [2.75, 3.05) is 33.4 Å². The summed E-state index contributed by atoms with van der Waals surface area (Å²) < 4.78 is 5.29. The lowest BCUT2D eigenvalue weighted by Crippen LogP contribution is -2.51. The molecule has 19 heavy (non-hydrogen) atoms. The Morgan fingerprint density at radius 1 is 1.32 bits per heavy atom. The average Bonchev–Trinajstić information content (AvgIpc) is 2.88. The minimum atomic E-state index is -0.495. The van der Waals surface area contributed by atoms with Crippen LogP contribution < -0.4 is 10.6 Å². The van der Waals surface area contributed by atoms with Crippen molar-refractivity contribution in [1.82, 2.24) is 15.5 Å². The number of nitrogens with zero attached hydrogens (tertiary/aromatic N) is 1. The first-order valence-electron chi connectivity index (χ1n) is 6.89. The van der Waals surface area contributed by atoms with Crippen LogP contribution in [-0.4, -0.2) is 62.1 Å². The predicted molar refractivity (Wildman–Crippen MR) is 72.7 cm³/mol. The molecule has 0 aliphatic carbocycles. The monoisotopic (exact) mass is 271 g/mol. The van der Waals surface area contributed by atoms with Crippen LogP contribution in [0.2, 0.25) is 0 Å². The average molecular weight is 271 g/mol. The van der Waals surface area contributed by atoms with Crippen molar-refractivity contribution in [1.29, 1.82) is 0 Å². The molecule has 0 aromatic carbocycles. The van der Waals surface area contributed by atoms with E-state index in [1.165, 1.54) is 0 Å². The van der Waals surface area contributed by atoms with E-state index < -0.39 is 6.04 Å². The number of ether oxygens (including phenoxy) is 1. The van der Waals surface area contributed by atoms with Gasteiger partial charge >= 0.3 is 0 Å². The number of hydrogen-bond acceptors (Lipinski definition) is 4. The zero-order valence-corrected chi connectivity index (χ0v) is 12.2. The van der Waals surface area contributed by atoms with Crippen LogP contribution in [0.4, 0.5) is 0 Å². The summed E-state index contributed by atoms with van der Waals surface area (Å²) in [5.74, 6) is -0.389. The van der Waals surface area contributed by atoms with Crippen LogP contribution in [-0.2, 0) is 14.3 Å². The molecule has 110 valence electrons. The second kappa shape index (κ2) is 7.45. The normalized spacial score (nSPS) is 24.0. The standard InChI is InChI=1S/C13H25N3O3/c1-5-16(6-2)13(18)9(3)15-12(17)10-7-19-8-11(10)14-4/h9-11,14H,5-8H2,1-4H3,(H,15,17). The van der Waals surface area contributed by atoms with Crippen molar-refractivity contribution >= 4 is 11.8 Å². The Bertz CT molecular complexity index is 318. The molecule has 1 aliphatic heterocycles. The number of carbonyl (C=O) groups excluding carboxylic acids is 2. The quantitative estimate of drug-likeness (QED) is 0.689. The Hall–Kier alpha value is -1.14. The molecule has 3 atom stereocenters. The summed E-state index contributed by atoms with van der Waals surface area (Å²) in [6.45, 7) is 7.83. The fourth-order valence-corrected chi connectivity index (χ4v) is 2.29. The second-order valence-electron chi connectivity index (χ2n) is 4.78. The molecule has 6 nitrogen and oxygen atoms in total. The molecule has 1 rings (SSSR count). The molecule has 0 spiro atoms. The van der Waals surface area contributed by atoms with Gasteiger partial charge in [-0.3, -0.25) is 9.59 Å². The fourth-order valence-electron chi connectivity index (χ4n) is 2.29. The highest BCUT2D eigenvalue weighted by Crippen LogP contribution is 2.13. The van der Waals surface area contributed by atoms with Crippen molar-refractivity contribution in [2.45, 2.75) is 32.9 Å². The molecule has 1 aliphatic rings. The van der Waals surface area contributed by atoms with Gasteiger partial charge in [-0.05, 0) is 27.8 Å². The highest BCUT2D eigenvalue weighted by Gasteiger charge is 2.34. The van der Waals surface area contributed by atoms with E-state index in [0.717, 1.165) is 0 Å². The van der Waals surface area contributed by atoms with Gasteiger partial charge in [0, 0.05) is 19.1 Å². The highest BCUT2D eigenvalue weighted by atomic mass is 16.5. The summed E-state index contributed by atoms with van der Waals surface area (Å²) in [5, 5.41) is 5.85. The van der Waals surface area contributed by atoms with Crippen molar-refractivity contribution in [3.8, 4) is 0 Å². The van der Waals surface area contributed by atoms with Crippen LogP contribution in [0, 0.1) is 5.92 Å². The molecule has 1 saturated heterocycles. The number of carbonyl (C=O) groups is 2. The second-order valence-corrected chi connectivity index (χ2v) is 4.78. The summed E-state index contributed by atoms with van der Waals surface area (Å²) in [7, 11) is 1.81. The van der Waals surface area contributed by atoms with Crippen LogP contribution in [0.5, 0.6) is 0 Å². The first-order chi connectivity index (χ1) is 9.04. The smallest absolute Gasteiger partial charge is 0.244 e. The molecule has 3 unspecified atom stereocenters. The van der Waals surface area contributed by atoms with E-state index in [4.69, 9.17) is 4.74 Å². The molecule has 0 saturated carbocycles. The first kappa shape index (κ1) is 15.9. The summed E-state index contributed by atoms with van der Waals surface area (Å²) in [4.78, 5) is 25.9. The van der Waals surface area contributed by atoms with Crippen LogP contribution in [0.1, 0.15) is 20.8 Å². The van der Waals surface area contributed by atoms with Crippen LogP contribution >= 0.6 is 0 Å². The topological polar surface area (TPSA) is 70.7 Å².